The highest BCUT2D eigenvalue weighted by Crippen LogP contribution is 1.90. The topological polar surface area (TPSA) is 85.8 Å². The van der Waals surface area contributed by atoms with Crippen LogP contribution in [0, 0.1) is 0 Å². The Kier molecular flexibility index (Phi) is 3.39. The standard InChI is InChI=1S/C7H13N5O/c1-12-5-10-11-6(12)2-3-9-7(13)4-8/h5H,2-4,8H2,1H3,(H,9,13). The number of amides is 1. The van der Waals surface area contributed by atoms with Gasteiger partial charge in [-0.25, -0.2) is 0 Å². The third-order valence-electron chi connectivity index (χ3n) is 1.66. The number of carbonyl (C=O) groups excluding carboxylic acids is 1. The van der Waals surface area contributed by atoms with Gasteiger partial charge in [0.15, 0.2) is 0 Å². The van der Waals surface area contributed by atoms with Crippen molar-refractivity contribution in [1.82, 2.24) is 20.1 Å². The summed E-state index contributed by atoms with van der Waals surface area (Å²) >= 11 is 0. The van der Waals surface area contributed by atoms with E-state index >= 15 is 0 Å². The lowest BCUT2D eigenvalue weighted by atomic mass is 10.4. The van der Waals surface area contributed by atoms with E-state index in [0.29, 0.717) is 13.0 Å². The molecule has 0 radical (unpaired) electrons. The molecule has 0 aliphatic rings. The van der Waals surface area contributed by atoms with Crippen molar-refractivity contribution in [2.45, 2.75) is 6.42 Å². The molecule has 1 amide bonds. The van der Waals surface area contributed by atoms with Gasteiger partial charge in [-0.3, -0.25) is 4.79 Å². The van der Waals surface area contributed by atoms with Crippen molar-refractivity contribution in [2.75, 3.05) is 13.1 Å². The number of hydrogen-bond donors (Lipinski definition) is 2. The summed E-state index contributed by atoms with van der Waals surface area (Å²) in [7, 11) is 1.86. The Morgan fingerprint density at radius 2 is 2.54 bits per heavy atom. The normalized spacial score (nSPS) is 10.0. The Morgan fingerprint density at radius 3 is 3.08 bits per heavy atom. The predicted octanol–water partition coefficient (Wildman–Crippen LogP) is -1.57. The second-order valence-electron chi connectivity index (χ2n) is 2.66. The van der Waals surface area contributed by atoms with Crippen LogP contribution in [0.4, 0.5) is 0 Å². The molecule has 0 spiro atoms. The average molecular weight is 183 g/mol. The molecule has 0 saturated carbocycles. The highest BCUT2D eigenvalue weighted by molar-refractivity contribution is 5.77. The van der Waals surface area contributed by atoms with Crippen molar-refractivity contribution in [3.05, 3.63) is 12.2 Å². The second kappa shape index (κ2) is 4.56. The van der Waals surface area contributed by atoms with Crippen molar-refractivity contribution in [1.29, 1.82) is 0 Å². The van der Waals surface area contributed by atoms with Crippen LogP contribution in [0.1, 0.15) is 5.82 Å². The number of carbonyl (C=O) groups is 1. The van der Waals surface area contributed by atoms with Crippen LogP contribution in [0.2, 0.25) is 0 Å². The van der Waals surface area contributed by atoms with Crippen molar-refractivity contribution < 1.29 is 4.79 Å². The summed E-state index contributed by atoms with van der Waals surface area (Å²) in [6.45, 7) is 0.571. The van der Waals surface area contributed by atoms with Gasteiger partial charge in [0.25, 0.3) is 0 Å². The van der Waals surface area contributed by atoms with Gasteiger partial charge >= 0.3 is 0 Å². The lowest BCUT2D eigenvalue weighted by molar-refractivity contribution is -0.119. The second-order valence-corrected chi connectivity index (χ2v) is 2.66. The summed E-state index contributed by atoms with van der Waals surface area (Å²) in [5.74, 6) is 0.694. The molecule has 1 aromatic rings. The minimum Gasteiger partial charge on any atom is -0.355 e. The summed E-state index contributed by atoms with van der Waals surface area (Å²) in [5, 5.41) is 10.2. The van der Waals surface area contributed by atoms with Crippen molar-refractivity contribution in [3.8, 4) is 0 Å². The summed E-state index contributed by atoms with van der Waals surface area (Å²) in [6.07, 6.45) is 2.29. The first kappa shape index (κ1) is 9.66. The van der Waals surface area contributed by atoms with E-state index in [9.17, 15) is 4.79 Å². The van der Waals surface area contributed by atoms with Crippen LogP contribution in [-0.4, -0.2) is 33.8 Å². The lowest BCUT2D eigenvalue weighted by Gasteiger charge is -2.02. The molecule has 0 aliphatic heterocycles. The highest BCUT2D eigenvalue weighted by Gasteiger charge is 2.01. The van der Waals surface area contributed by atoms with Crippen LogP contribution in [0.5, 0.6) is 0 Å². The minimum absolute atomic E-state index is 0.0266. The minimum atomic E-state index is -0.151. The largest absolute Gasteiger partial charge is 0.355 e. The Balaban J connectivity index is 2.28. The summed E-state index contributed by atoms with van der Waals surface area (Å²) < 4.78 is 1.81. The first-order valence-electron chi connectivity index (χ1n) is 4.03. The van der Waals surface area contributed by atoms with Crippen LogP contribution in [0.25, 0.3) is 0 Å². The number of nitrogens with two attached hydrogens (primary N) is 1. The Morgan fingerprint density at radius 1 is 1.77 bits per heavy atom. The Labute approximate surface area is 76.1 Å². The number of aromatic nitrogens is 3. The number of nitrogens with one attached hydrogen (secondary N) is 1. The van der Waals surface area contributed by atoms with Gasteiger partial charge in [0.05, 0.1) is 6.54 Å². The van der Waals surface area contributed by atoms with E-state index in [1.165, 1.54) is 0 Å². The molecule has 1 rings (SSSR count). The maximum Gasteiger partial charge on any atom is 0.233 e. The van der Waals surface area contributed by atoms with Crippen molar-refractivity contribution in [2.24, 2.45) is 12.8 Å². The molecule has 0 unspecified atom stereocenters. The van der Waals surface area contributed by atoms with Crippen LogP contribution in [0.15, 0.2) is 6.33 Å². The van der Waals surface area contributed by atoms with Crippen LogP contribution >= 0.6 is 0 Å². The first-order chi connectivity index (χ1) is 6.24. The zero-order valence-corrected chi connectivity index (χ0v) is 7.53. The molecule has 0 bridgehead atoms. The fraction of sp³-hybridized carbons (Fsp3) is 0.571. The van der Waals surface area contributed by atoms with Gasteiger partial charge in [-0.1, -0.05) is 0 Å². The molecule has 6 nitrogen and oxygen atoms in total. The zero-order valence-electron chi connectivity index (χ0n) is 7.53. The monoisotopic (exact) mass is 183 g/mol. The van der Waals surface area contributed by atoms with Crippen LogP contribution in [0.3, 0.4) is 0 Å². The molecule has 0 fully saturated rings. The molecular weight excluding hydrogens is 170 g/mol. The van der Waals surface area contributed by atoms with E-state index in [-0.39, 0.29) is 12.5 Å². The third kappa shape index (κ3) is 2.83. The Bertz CT molecular complexity index is 282. The van der Waals surface area contributed by atoms with E-state index in [1.54, 1.807) is 6.33 Å². The highest BCUT2D eigenvalue weighted by atomic mass is 16.1. The lowest BCUT2D eigenvalue weighted by Crippen LogP contribution is -2.32. The fourth-order valence-corrected chi connectivity index (χ4v) is 0.919. The van der Waals surface area contributed by atoms with E-state index < -0.39 is 0 Å². The number of rotatable bonds is 4. The quantitative estimate of drug-likeness (QED) is 0.590. The van der Waals surface area contributed by atoms with Gasteiger partial charge in [-0.15, -0.1) is 10.2 Å². The van der Waals surface area contributed by atoms with Crippen molar-refractivity contribution in [3.63, 3.8) is 0 Å². The van der Waals surface area contributed by atoms with Gasteiger partial charge in [0, 0.05) is 20.0 Å². The third-order valence-corrected chi connectivity index (χ3v) is 1.66. The van der Waals surface area contributed by atoms with E-state index in [1.807, 2.05) is 11.6 Å². The molecule has 6 heteroatoms. The van der Waals surface area contributed by atoms with E-state index in [4.69, 9.17) is 5.73 Å². The van der Waals surface area contributed by atoms with Gasteiger partial charge in [-0.05, 0) is 0 Å². The summed E-state index contributed by atoms with van der Waals surface area (Å²) in [6, 6.07) is 0. The van der Waals surface area contributed by atoms with E-state index in [0.717, 1.165) is 5.82 Å². The molecule has 0 aliphatic carbocycles. The summed E-state index contributed by atoms with van der Waals surface area (Å²) in [5.41, 5.74) is 5.12. The van der Waals surface area contributed by atoms with Gasteiger partial charge in [-0.2, -0.15) is 0 Å². The molecule has 1 heterocycles. The smallest absolute Gasteiger partial charge is 0.233 e. The van der Waals surface area contributed by atoms with Crippen molar-refractivity contribution >= 4 is 5.91 Å². The molecule has 1 aromatic heterocycles. The van der Waals surface area contributed by atoms with Crippen LogP contribution in [-0.2, 0) is 18.3 Å². The first-order valence-corrected chi connectivity index (χ1v) is 4.03. The predicted molar refractivity (Wildman–Crippen MR) is 46.8 cm³/mol. The fourth-order valence-electron chi connectivity index (χ4n) is 0.919. The molecule has 3 N–H and O–H groups in total. The maximum atomic E-state index is 10.7. The Hall–Kier alpha value is -1.43. The van der Waals surface area contributed by atoms with Gasteiger partial charge in [0.2, 0.25) is 5.91 Å². The summed E-state index contributed by atoms with van der Waals surface area (Å²) in [4.78, 5) is 10.7. The molecule has 13 heavy (non-hydrogen) atoms. The average Bonchev–Trinajstić information content (AvgIpc) is 2.52. The van der Waals surface area contributed by atoms with E-state index in [2.05, 4.69) is 15.5 Å². The molecule has 0 saturated heterocycles. The molecule has 72 valence electrons. The molecular formula is C7H13N5O. The number of nitrogens with zero attached hydrogens (tertiary/aromatic N) is 3. The van der Waals surface area contributed by atoms with Crippen LogP contribution < -0.4 is 11.1 Å². The molecule has 0 aromatic carbocycles. The maximum absolute atomic E-state index is 10.7. The molecule has 0 atom stereocenters. The SMILES string of the molecule is Cn1cnnc1CCNC(=O)CN. The zero-order chi connectivity index (χ0) is 9.68. The van der Waals surface area contributed by atoms with Gasteiger partial charge < -0.3 is 15.6 Å². The van der Waals surface area contributed by atoms with Gasteiger partial charge in [0.1, 0.15) is 12.2 Å². The number of aryl methyl sites for hydroxylation is 1. The number of hydrogen-bond acceptors (Lipinski definition) is 4.